The van der Waals surface area contributed by atoms with E-state index in [1.54, 1.807) is 0 Å². The minimum Gasteiger partial charge on any atom is -0.457 e. The minimum atomic E-state index is -0.109. The first-order chi connectivity index (χ1) is 24.3. The third-order valence-electron chi connectivity index (χ3n) is 10.7. The summed E-state index contributed by atoms with van der Waals surface area (Å²) in [7, 11) is 0. The van der Waals surface area contributed by atoms with Gasteiger partial charge in [-0.3, -0.25) is 4.57 Å². The van der Waals surface area contributed by atoms with Crippen LogP contribution in [-0.2, 0) is 11.8 Å². The first kappa shape index (κ1) is 34.8. The Morgan fingerprint density at radius 1 is 0.863 bits per heavy atom. The number of aryl methyl sites for hydroxylation is 1. The average Bonchev–Trinajstić information content (AvgIpc) is 3.59. The second kappa shape index (κ2) is 13.5. The maximum Gasteiger partial charge on any atom is 0.137 e. The van der Waals surface area contributed by atoms with Gasteiger partial charge in [-0.1, -0.05) is 85.2 Å². The molecule has 0 bridgehead atoms. The lowest BCUT2D eigenvalue weighted by atomic mass is 9.72. The Labute approximate surface area is 304 Å². The molecule has 264 valence electrons. The standard InChI is InChI=1S/C46H54N4O/c1-28(2)22-33-20-21-47-42(23-33)49-40-17-12-11-16-38(40)39-19-18-36(27-41(39)49)51-37-25-34(29(3)4)24-35(26-37)50-45(46(8,9)10)44(32(7)48-50)43-30(5)14-13-15-31(43)6/h11-12,14,16-21,23-29,31,43H,13,15,22H2,1-10H3/t31?,43-/m0/s1. The molecule has 0 spiro atoms. The Morgan fingerprint density at radius 3 is 2.35 bits per heavy atom. The van der Waals surface area contributed by atoms with Crippen LogP contribution in [0.5, 0.6) is 11.5 Å². The summed E-state index contributed by atoms with van der Waals surface area (Å²) in [4.78, 5) is 4.87. The number of rotatable bonds is 8. The van der Waals surface area contributed by atoms with E-state index in [1.165, 1.54) is 45.2 Å². The zero-order valence-corrected chi connectivity index (χ0v) is 32.2. The number of hydrogen-bond acceptors (Lipinski definition) is 3. The van der Waals surface area contributed by atoms with Gasteiger partial charge in [0.15, 0.2) is 0 Å². The summed E-state index contributed by atoms with van der Waals surface area (Å²) in [6, 6.07) is 26.1. The Bertz CT molecular complexity index is 2260. The average molecular weight is 679 g/mol. The first-order valence-corrected chi connectivity index (χ1v) is 18.9. The van der Waals surface area contributed by atoms with Gasteiger partial charge in [0.1, 0.15) is 17.3 Å². The van der Waals surface area contributed by atoms with Crippen LogP contribution in [-0.4, -0.2) is 19.3 Å². The number of pyridine rings is 1. The van der Waals surface area contributed by atoms with Gasteiger partial charge in [0.25, 0.3) is 0 Å². The lowest BCUT2D eigenvalue weighted by Crippen LogP contribution is -2.24. The number of allylic oxidation sites excluding steroid dienone is 2. The highest BCUT2D eigenvalue weighted by Crippen LogP contribution is 2.45. The SMILES string of the molecule is CC1=CCCC(C)[C@H]1c1c(C)nn(-c2cc(Oc3ccc4c5ccccc5n(-c5cc(CC(C)C)ccn5)c4c3)cc(C(C)C)c2)c1C(C)(C)C. The molecular formula is C46H54N4O. The van der Waals surface area contributed by atoms with E-state index in [4.69, 9.17) is 14.8 Å². The van der Waals surface area contributed by atoms with Crippen LogP contribution < -0.4 is 4.74 Å². The number of hydrogen-bond donors (Lipinski definition) is 0. The smallest absolute Gasteiger partial charge is 0.137 e. The van der Waals surface area contributed by atoms with Gasteiger partial charge in [-0.2, -0.15) is 5.10 Å². The van der Waals surface area contributed by atoms with E-state index in [9.17, 15) is 0 Å². The molecule has 1 aliphatic carbocycles. The molecule has 0 aliphatic heterocycles. The normalized spacial score (nSPS) is 16.8. The Balaban J connectivity index is 1.35. The lowest BCUT2D eigenvalue weighted by molar-refractivity contribution is 0.437. The van der Waals surface area contributed by atoms with E-state index in [0.717, 1.165) is 52.6 Å². The van der Waals surface area contributed by atoms with Crippen molar-refractivity contribution in [3.8, 4) is 23.0 Å². The Kier molecular flexibility index (Phi) is 9.20. The molecule has 1 aliphatic rings. The monoisotopic (exact) mass is 678 g/mol. The van der Waals surface area contributed by atoms with Crippen LogP contribution in [0.4, 0.5) is 0 Å². The number of ether oxygens (including phenoxy) is 1. The van der Waals surface area contributed by atoms with Gasteiger partial charge in [0.2, 0.25) is 0 Å². The van der Waals surface area contributed by atoms with Gasteiger partial charge in [-0.15, -0.1) is 0 Å². The van der Waals surface area contributed by atoms with Crippen LogP contribution in [0, 0.1) is 18.8 Å². The number of benzene rings is 3. The molecule has 0 amide bonds. The van der Waals surface area contributed by atoms with Crippen LogP contribution in [0.3, 0.4) is 0 Å². The second-order valence-electron chi connectivity index (χ2n) is 16.7. The van der Waals surface area contributed by atoms with Gasteiger partial charge in [0, 0.05) is 46.0 Å². The molecule has 7 rings (SSSR count). The molecule has 51 heavy (non-hydrogen) atoms. The van der Waals surface area contributed by atoms with Crippen molar-refractivity contribution >= 4 is 21.8 Å². The fourth-order valence-corrected chi connectivity index (χ4v) is 8.35. The third-order valence-corrected chi connectivity index (χ3v) is 10.7. The summed E-state index contributed by atoms with van der Waals surface area (Å²) in [5.41, 5.74) is 10.9. The van der Waals surface area contributed by atoms with Gasteiger partial charge in [-0.05, 0) is 104 Å². The molecule has 0 N–H and O–H groups in total. The largest absolute Gasteiger partial charge is 0.457 e. The van der Waals surface area contributed by atoms with Crippen LogP contribution >= 0.6 is 0 Å². The van der Waals surface area contributed by atoms with E-state index in [-0.39, 0.29) is 5.41 Å². The molecule has 3 aromatic carbocycles. The summed E-state index contributed by atoms with van der Waals surface area (Å²) >= 11 is 0. The maximum atomic E-state index is 6.83. The molecule has 5 heteroatoms. The molecule has 1 unspecified atom stereocenters. The van der Waals surface area contributed by atoms with E-state index in [1.807, 2.05) is 6.20 Å². The van der Waals surface area contributed by atoms with Crippen molar-refractivity contribution in [2.24, 2.45) is 11.8 Å². The zero-order chi connectivity index (χ0) is 36.2. The highest BCUT2D eigenvalue weighted by molar-refractivity contribution is 6.09. The van der Waals surface area contributed by atoms with Crippen LogP contribution in [0.1, 0.15) is 115 Å². The van der Waals surface area contributed by atoms with Crippen molar-refractivity contribution in [2.45, 2.75) is 106 Å². The van der Waals surface area contributed by atoms with Crippen molar-refractivity contribution in [1.82, 2.24) is 19.3 Å². The molecule has 0 fully saturated rings. The molecule has 0 saturated heterocycles. The number of fused-ring (bicyclic) bond motifs is 3. The summed E-state index contributed by atoms with van der Waals surface area (Å²) in [6.45, 7) is 22.9. The van der Waals surface area contributed by atoms with E-state index in [0.29, 0.717) is 23.7 Å². The molecule has 3 aromatic heterocycles. The number of aromatic nitrogens is 4. The van der Waals surface area contributed by atoms with E-state index < -0.39 is 0 Å². The van der Waals surface area contributed by atoms with Gasteiger partial charge >= 0.3 is 0 Å². The fourth-order valence-electron chi connectivity index (χ4n) is 8.35. The van der Waals surface area contributed by atoms with E-state index >= 15 is 0 Å². The van der Waals surface area contributed by atoms with Crippen molar-refractivity contribution in [3.63, 3.8) is 0 Å². The predicted molar refractivity (Wildman–Crippen MR) is 213 cm³/mol. The summed E-state index contributed by atoms with van der Waals surface area (Å²) in [5, 5.41) is 7.69. The molecule has 3 heterocycles. The molecule has 6 aromatic rings. The van der Waals surface area contributed by atoms with Gasteiger partial charge in [-0.25, -0.2) is 9.67 Å². The quantitative estimate of drug-likeness (QED) is 0.151. The van der Waals surface area contributed by atoms with Crippen molar-refractivity contribution in [2.75, 3.05) is 0 Å². The topological polar surface area (TPSA) is 44.9 Å². The van der Waals surface area contributed by atoms with E-state index in [2.05, 4.69) is 157 Å². The van der Waals surface area contributed by atoms with Gasteiger partial charge < -0.3 is 4.74 Å². The minimum absolute atomic E-state index is 0.109. The van der Waals surface area contributed by atoms with Crippen LogP contribution in [0.25, 0.3) is 33.3 Å². The molecular weight excluding hydrogens is 625 g/mol. The van der Waals surface area contributed by atoms with Crippen molar-refractivity contribution in [1.29, 1.82) is 0 Å². The maximum absolute atomic E-state index is 6.83. The molecule has 2 atom stereocenters. The summed E-state index contributed by atoms with van der Waals surface area (Å²) in [5.74, 6) is 4.38. The Morgan fingerprint density at radius 2 is 1.63 bits per heavy atom. The summed E-state index contributed by atoms with van der Waals surface area (Å²) < 4.78 is 11.3. The summed E-state index contributed by atoms with van der Waals surface area (Å²) in [6.07, 6.45) is 7.76. The highest BCUT2D eigenvalue weighted by atomic mass is 16.5. The molecule has 0 saturated carbocycles. The fraction of sp³-hybridized carbons (Fsp3) is 0.391. The van der Waals surface area contributed by atoms with Crippen molar-refractivity contribution < 1.29 is 4.74 Å². The Hall–Kier alpha value is -4.64. The lowest BCUT2D eigenvalue weighted by Gasteiger charge is -2.32. The number of nitrogens with zero attached hydrogens (tertiary/aromatic N) is 4. The second-order valence-corrected chi connectivity index (χ2v) is 16.7. The van der Waals surface area contributed by atoms with Gasteiger partial charge in [0.05, 0.1) is 28.1 Å². The zero-order valence-electron chi connectivity index (χ0n) is 32.2. The van der Waals surface area contributed by atoms with Crippen LogP contribution in [0.2, 0.25) is 0 Å². The predicted octanol–water partition coefficient (Wildman–Crippen LogP) is 12.5. The molecule has 0 radical (unpaired) electrons. The first-order valence-electron chi connectivity index (χ1n) is 18.9. The third kappa shape index (κ3) is 6.64. The molecule has 5 nitrogen and oxygen atoms in total. The highest BCUT2D eigenvalue weighted by Gasteiger charge is 2.35. The number of para-hydroxylation sites is 1. The van der Waals surface area contributed by atoms with Crippen LogP contribution in [0.15, 0.2) is 90.6 Å². The van der Waals surface area contributed by atoms with Crippen molar-refractivity contribution in [3.05, 3.63) is 119 Å².